The van der Waals surface area contributed by atoms with Crippen LogP contribution in [0.25, 0.3) is 23.1 Å². The van der Waals surface area contributed by atoms with Gasteiger partial charge in [0, 0.05) is 30.2 Å². The first-order chi connectivity index (χ1) is 16.0. The van der Waals surface area contributed by atoms with E-state index in [0.29, 0.717) is 12.1 Å². The summed E-state index contributed by atoms with van der Waals surface area (Å²) in [6.45, 7) is 1.89. The zero-order chi connectivity index (χ0) is 22.8. The summed E-state index contributed by atoms with van der Waals surface area (Å²) in [5, 5.41) is 16.2. The molecule has 0 amide bonds. The third-order valence-electron chi connectivity index (χ3n) is 5.40. The molecule has 0 fully saturated rings. The Labute approximate surface area is 190 Å². The maximum absolute atomic E-state index is 12.7. The van der Waals surface area contributed by atoms with E-state index in [0.717, 1.165) is 44.9 Å². The minimum Gasteiger partial charge on any atom is -0.355 e. The second-order valence-electron chi connectivity index (χ2n) is 7.93. The second-order valence-corrected chi connectivity index (χ2v) is 7.93. The van der Waals surface area contributed by atoms with Crippen molar-refractivity contribution >= 4 is 40.2 Å². The van der Waals surface area contributed by atoms with Crippen LogP contribution >= 0.6 is 0 Å². The van der Waals surface area contributed by atoms with E-state index in [-0.39, 0.29) is 5.78 Å². The van der Waals surface area contributed by atoms with Gasteiger partial charge in [-0.25, -0.2) is 4.98 Å². The largest absolute Gasteiger partial charge is 0.355 e. The molecule has 0 saturated heterocycles. The van der Waals surface area contributed by atoms with Crippen molar-refractivity contribution in [1.29, 1.82) is 0 Å². The van der Waals surface area contributed by atoms with Gasteiger partial charge in [0.1, 0.15) is 5.69 Å². The van der Waals surface area contributed by atoms with Gasteiger partial charge in [-0.15, -0.1) is 0 Å². The molecular formula is C25H23N7O. The summed E-state index contributed by atoms with van der Waals surface area (Å²) in [5.74, 6) is 0.0462. The number of anilines is 2. The summed E-state index contributed by atoms with van der Waals surface area (Å²) in [6.07, 6.45) is 7.61. The quantitative estimate of drug-likeness (QED) is 0.321. The van der Waals surface area contributed by atoms with Gasteiger partial charge in [-0.05, 0) is 61.0 Å². The number of aryl methyl sites for hydroxylation is 2. The lowest BCUT2D eigenvalue weighted by Gasteiger charge is -2.09. The molecule has 164 valence electrons. The van der Waals surface area contributed by atoms with Gasteiger partial charge in [-0.1, -0.05) is 12.1 Å². The Balaban J connectivity index is 1.31. The minimum absolute atomic E-state index is 0.0462. The average molecular weight is 438 g/mol. The van der Waals surface area contributed by atoms with Gasteiger partial charge >= 0.3 is 0 Å². The number of carbonyl (C=O) groups excluding carboxylic acids is 1. The van der Waals surface area contributed by atoms with E-state index in [4.69, 9.17) is 0 Å². The molecule has 3 N–H and O–H groups in total. The van der Waals surface area contributed by atoms with Gasteiger partial charge in [-0.3, -0.25) is 14.6 Å². The van der Waals surface area contributed by atoms with Crippen LogP contribution in [0.3, 0.4) is 0 Å². The van der Waals surface area contributed by atoms with E-state index in [2.05, 4.69) is 30.6 Å². The highest BCUT2D eigenvalue weighted by Crippen LogP contribution is 2.25. The van der Waals surface area contributed by atoms with E-state index >= 15 is 0 Å². The molecule has 0 aliphatic heterocycles. The number of ketones is 1. The second kappa shape index (κ2) is 8.58. The number of nitrogens with one attached hydrogen (secondary N) is 3. The van der Waals surface area contributed by atoms with Crippen LogP contribution < -0.4 is 5.32 Å². The lowest BCUT2D eigenvalue weighted by Crippen LogP contribution is -2.09. The van der Waals surface area contributed by atoms with E-state index in [9.17, 15) is 4.79 Å². The van der Waals surface area contributed by atoms with Crippen molar-refractivity contribution in [2.45, 2.75) is 13.3 Å². The number of Topliss-reactive ketones (excluding diaryl/α,β-unsaturated/α-hetero) is 1. The number of hydrogen-bond acceptors (Lipinski definition) is 5. The summed E-state index contributed by atoms with van der Waals surface area (Å²) >= 11 is 0. The Hall–Kier alpha value is -4.46. The third-order valence-corrected chi connectivity index (χ3v) is 5.40. The lowest BCUT2D eigenvalue weighted by atomic mass is 10.1. The zero-order valence-corrected chi connectivity index (χ0v) is 18.3. The van der Waals surface area contributed by atoms with E-state index < -0.39 is 0 Å². The predicted octanol–water partition coefficient (Wildman–Crippen LogP) is 4.67. The Morgan fingerprint density at radius 1 is 1.12 bits per heavy atom. The Kier molecular flexibility index (Phi) is 5.32. The molecule has 3 aromatic heterocycles. The lowest BCUT2D eigenvalue weighted by molar-refractivity contribution is 0.0984. The molecule has 0 radical (unpaired) electrons. The summed E-state index contributed by atoms with van der Waals surface area (Å²) in [4.78, 5) is 19.7. The van der Waals surface area contributed by atoms with Gasteiger partial charge in [0.25, 0.3) is 0 Å². The van der Waals surface area contributed by atoms with Crippen LogP contribution in [-0.2, 0) is 13.5 Å². The topological polar surface area (TPSA) is 104 Å². The smallest absolute Gasteiger partial charge is 0.185 e. The molecular weight excluding hydrogens is 414 g/mol. The summed E-state index contributed by atoms with van der Waals surface area (Å²) < 4.78 is 1.64. The fourth-order valence-electron chi connectivity index (χ4n) is 3.85. The fourth-order valence-corrected chi connectivity index (χ4v) is 3.85. The molecule has 0 aliphatic rings. The van der Waals surface area contributed by atoms with Gasteiger partial charge in [0.2, 0.25) is 0 Å². The van der Waals surface area contributed by atoms with Crippen LogP contribution in [0.1, 0.15) is 33.1 Å². The molecule has 0 spiro atoms. The van der Waals surface area contributed by atoms with Crippen molar-refractivity contribution in [3.63, 3.8) is 0 Å². The van der Waals surface area contributed by atoms with Crippen molar-refractivity contribution in [1.82, 2.24) is 29.9 Å². The average Bonchev–Trinajstić information content (AvgIpc) is 3.52. The van der Waals surface area contributed by atoms with Crippen molar-refractivity contribution in [3.8, 4) is 0 Å². The van der Waals surface area contributed by atoms with Crippen molar-refractivity contribution < 1.29 is 4.79 Å². The van der Waals surface area contributed by atoms with Crippen molar-refractivity contribution in [3.05, 3.63) is 89.4 Å². The molecule has 0 saturated carbocycles. The Morgan fingerprint density at radius 2 is 2.00 bits per heavy atom. The highest BCUT2D eigenvalue weighted by atomic mass is 16.1. The Morgan fingerprint density at radius 3 is 2.79 bits per heavy atom. The molecule has 0 atom stereocenters. The van der Waals surface area contributed by atoms with Crippen LogP contribution in [0.4, 0.5) is 11.4 Å². The number of imidazole rings is 1. The number of fused-ring (bicyclic) bond motifs is 1. The molecule has 0 bridgehead atoms. The molecule has 8 nitrogen and oxygen atoms in total. The predicted molar refractivity (Wildman–Crippen MR) is 129 cm³/mol. The fraction of sp³-hybridized carbons (Fsp3) is 0.120. The number of rotatable bonds is 7. The summed E-state index contributed by atoms with van der Waals surface area (Å²) in [5.41, 5.74) is 6.96. The number of nitrogens with zero attached hydrogens (tertiary/aromatic N) is 4. The molecule has 3 heterocycles. The normalized spacial score (nSPS) is 11.5. The maximum Gasteiger partial charge on any atom is 0.185 e. The number of H-pyrrole nitrogens is 2. The number of carbonyl (C=O) groups is 1. The van der Waals surface area contributed by atoms with Crippen LogP contribution in [0, 0.1) is 6.92 Å². The molecule has 5 aromatic rings. The van der Waals surface area contributed by atoms with Gasteiger partial charge in [0.05, 0.1) is 35.1 Å². The monoisotopic (exact) mass is 437 g/mol. The van der Waals surface area contributed by atoms with Crippen molar-refractivity contribution in [2.24, 2.45) is 7.05 Å². The highest BCUT2D eigenvalue weighted by molar-refractivity contribution is 5.96. The summed E-state index contributed by atoms with van der Waals surface area (Å²) in [7, 11) is 1.79. The first-order valence-electron chi connectivity index (χ1n) is 10.6. The van der Waals surface area contributed by atoms with Crippen LogP contribution in [0.15, 0.2) is 61.1 Å². The standard InChI is InChI=1S/C25H23N7O/c1-16-10-24(32(2)31-16)25(33)12-17-4-3-5-18(11-17)28-19-6-8-21-22(29-30-23(21)13-19)9-7-20-14-26-15-27-20/h3-11,13-15,28H,12H2,1-2H3,(H,26,27)(H,29,30). The van der Waals surface area contributed by atoms with Gasteiger partial charge in [-0.2, -0.15) is 10.2 Å². The third kappa shape index (κ3) is 4.45. The summed E-state index contributed by atoms with van der Waals surface area (Å²) in [6, 6.07) is 15.8. The first kappa shape index (κ1) is 20.4. The SMILES string of the molecule is Cc1cc(C(=O)Cc2cccc(Nc3ccc4c(C=Cc5cnc[nH]5)n[nH]c4c3)c2)n(C)n1. The molecule has 0 aliphatic carbocycles. The molecule has 2 aromatic carbocycles. The number of aromatic nitrogens is 6. The zero-order valence-electron chi connectivity index (χ0n) is 18.3. The minimum atomic E-state index is 0.0462. The first-order valence-corrected chi connectivity index (χ1v) is 10.6. The van der Waals surface area contributed by atoms with Gasteiger partial charge in [0.15, 0.2) is 5.78 Å². The van der Waals surface area contributed by atoms with Crippen LogP contribution in [0.2, 0.25) is 0 Å². The molecule has 33 heavy (non-hydrogen) atoms. The Bertz CT molecular complexity index is 1460. The molecule has 5 rings (SSSR count). The van der Waals surface area contributed by atoms with Gasteiger partial charge < -0.3 is 10.3 Å². The molecule has 0 unspecified atom stereocenters. The molecule has 8 heteroatoms. The van der Waals surface area contributed by atoms with Crippen molar-refractivity contribution in [2.75, 3.05) is 5.32 Å². The maximum atomic E-state index is 12.7. The number of hydrogen-bond donors (Lipinski definition) is 3. The van der Waals surface area contributed by atoms with E-state index in [1.165, 1.54) is 0 Å². The number of benzene rings is 2. The van der Waals surface area contributed by atoms with E-state index in [1.807, 2.05) is 67.6 Å². The van der Waals surface area contributed by atoms with Crippen LogP contribution in [0.5, 0.6) is 0 Å². The van der Waals surface area contributed by atoms with E-state index in [1.54, 1.807) is 24.3 Å². The van der Waals surface area contributed by atoms with Crippen LogP contribution in [-0.4, -0.2) is 35.7 Å². The number of aromatic amines is 2. The highest BCUT2D eigenvalue weighted by Gasteiger charge is 2.13.